The fraction of sp³-hybridized carbons (Fsp3) is 0.389. The molecule has 24 heavy (non-hydrogen) atoms. The largest absolute Gasteiger partial charge is 0.466 e. The molecule has 0 saturated carbocycles. The van der Waals surface area contributed by atoms with Crippen molar-refractivity contribution in [2.75, 3.05) is 12.4 Å². The molecule has 2 aromatic rings. The summed E-state index contributed by atoms with van der Waals surface area (Å²) in [5, 5.41) is 7.50. The molecule has 0 bridgehead atoms. The lowest BCUT2D eigenvalue weighted by Gasteiger charge is -2.29. The molecule has 0 aliphatic carbocycles. The number of ether oxygens (including phenoxy) is 1. The molecule has 0 fully saturated rings. The number of rotatable bonds is 4. The van der Waals surface area contributed by atoms with Gasteiger partial charge in [0.1, 0.15) is 12.4 Å². The van der Waals surface area contributed by atoms with Crippen LogP contribution in [0, 0.1) is 0 Å². The molecule has 6 heteroatoms. The monoisotopic (exact) mass is 326 g/mol. The van der Waals surface area contributed by atoms with Crippen LogP contribution in [0.5, 0.6) is 0 Å². The van der Waals surface area contributed by atoms with E-state index < -0.39 is 0 Å². The van der Waals surface area contributed by atoms with Crippen molar-refractivity contribution in [3.63, 3.8) is 0 Å². The molecular formula is C18H22N4O2. The standard InChI is InChI=1S/C18H22N4O2/c1-5-14-15(17(23)24-4)16(22-18(21-14)19-10-20-22)13-8-6-12(7-9-13)11(2)3/h6-11,16H,5H2,1-4H3,(H,19,20,21)/t16-/m1/s1. The lowest BCUT2D eigenvalue weighted by molar-refractivity contribution is -0.136. The Labute approximate surface area is 141 Å². The van der Waals surface area contributed by atoms with E-state index >= 15 is 0 Å². The quantitative estimate of drug-likeness (QED) is 0.874. The predicted octanol–water partition coefficient (Wildman–Crippen LogP) is 3.25. The van der Waals surface area contributed by atoms with Crippen molar-refractivity contribution in [1.82, 2.24) is 14.8 Å². The number of anilines is 1. The summed E-state index contributed by atoms with van der Waals surface area (Å²) in [6, 6.07) is 7.95. The van der Waals surface area contributed by atoms with Gasteiger partial charge in [0.25, 0.3) is 0 Å². The summed E-state index contributed by atoms with van der Waals surface area (Å²) >= 11 is 0. The second-order valence-corrected chi connectivity index (χ2v) is 6.11. The fourth-order valence-electron chi connectivity index (χ4n) is 3.01. The maximum absolute atomic E-state index is 12.4. The van der Waals surface area contributed by atoms with Crippen LogP contribution in [-0.4, -0.2) is 27.8 Å². The zero-order valence-electron chi connectivity index (χ0n) is 14.4. The number of carbonyl (C=O) groups is 1. The second-order valence-electron chi connectivity index (χ2n) is 6.11. The lowest BCUT2D eigenvalue weighted by Crippen LogP contribution is -2.30. The van der Waals surface area contributed by atoms with Crippen molar-refractivity contribution in [1.29, 1.82) is 0 Å². The van der Waals surface area contributed by atoms with Crippen LogP contribution in [0.2, 0.25) is 0 Å². The Morgan fingerprint density at radius 3 is 2.62 bits per heavy atom. The number of methoxy groups -OCH3 is 1. The van der Waals surface area contributed by atoms with E-state index in [0.717, 1.165) is 11.3 Å². The van der Waals surface area contributed by atoms with Gasteiger partial charge in [0.2, 0.25) is 5.95 Å². The first-order valence-corrected chi connectivity index (χ1v) is 8.14. The summed E-state index contributed by atoms with van der Waals surface area (Å²) in [5.74, 6) is 0.742. The maximum Gasteiger partial charge on any atom is 0.338 e. The first kappa shape index (κ1) is 16.2. The van der Waals surface area contributed by atoms with Crippen molar-refractivity contribution < 1.29 is 9.53 Å². The molecule has 1 atom stereocenters. The molecule has 1 N–H and O–H groups in total. The summed E-state index contributed by atoms with van der Waals surface area (Å²) in [6.45, 7) is 6.31. The van der Waals surface area contributed by atoms with E-state index in [9.17, 15) is 4.79 Å². The van der Waals surface area contributed by atoms with Crippen molar-refractivity contribution in [2.45, 2.75) is 39.2 Å². The highest BCUT2D eigenvalue weighted by molar-refractivity contribution is 5.92. The topological polar surface area (TPSA) is 69.0 Å². The SMILES string of the molecule is CCC1=C(C(=O)OC)[C@@H](c2ccc(C(C)C)cc2)n2ncnc2N1. The Hall–Kier alpha value is -2.63. The first-order chi connectivity index (χ1) is 11.6. The Balaban J connectivity index is 2.14. The number of nitrogens with zero attached hydrogens (tertiary/aromatic N) is 3. The van der Waals surface area contributed by atoms with E-state index in [1.54, 1.807) is 4.68 Å². The Morgan fingerprint density at radius 1 is 1.33 bits per heavy atom. The molecule has 0 unspecified atom stereocenters. The number of hydrogen-bond donors (Lipinski definition) is 1. The van der Waals surface area contributed by atoms with Crippen molar-refractivity contribution in [2.24, 2.45) is 0 Å². The zero-order valence-corrected chi connectivity index (χ0v) is 14.4. The molecule has 0 spiro atoms. The van der Waals surface area contributed by atoms with Crippen LogP contribution in [0.4, 0.5) is 5.95 Å². The van der Waals surface area contributed by atoms with Crippen molar-refractivity contribution >= 4 is 11.9 Å². The molecule has 0 radical (unpaired) electrons. The third-order valence-electron chi connectivity index (χ3n) is 4.36. The molecule has 3 rings (SSSR count). The van der Waals surface area contributed by atoms with Gasteiger partial charge in [0.05, 0.1) is 12.7 Å². The number of benzene rings is 1. The van der Waals surface area contributed by atoms with Crippen LogP contribution in [-0.2, 0) is 9.53 Å². The minimum absolute atomic E-state index is 0.340. The summed E-state index contributed by atoms with van der Waals surface area (Å²) in [7, 11) is 1.40. The van der Waals surface area contributed by atoms with Crippen LogP contribution in [0.15, 0.2) is 41.9 Å². The molecule has 1 aliphatic heterocycles. The maximum atomic E-state index is 12.4. The molecule has 1 aliphatic rings. The van der Waals surface area contributed by atoms with E-state index in [2.05, 4.69) is 41.4 Å². The molecule has 1 aromatic carbocycles. The van der Waals surface area contributed by atoms with Crippen LogP contribution in [0.1, 0.15) is 50.3 Å². The third-order valence-corrected chi connectivity index (χ3v) is 4.36. The van der Waals surface area contributed by atoms with Crippen LogP contribution in [0.25, 0.3) is 0 Å². The Bertz CT molecular complexity index is 775. The number of carbonyl (C=O) groups excluding carboxylic acids is 1. The Kier molecular flexibility index (Phi) is 4.38. The number of aromatic nitrogens is 3. The zero-order chi connectivity index (χ0) is 17.3. The molecule has 0 amide bonds. The third kappa shape index (κ3) is 2.68. The molecule has 0 saturated heterocycles. The molecule has 1 aromatic heterocycles. The Morgan fingerprint density at radius 2 is 2.04 bits per heavy atom. The van der Waals surface area contributed by atoms with Gasteiger partial charge in [0.15, 0.2) is 0 Å². The van der Waals surface area contributed by atoms with Gasteiger partial charge in [-0.25, -0.2) is 9.48 Å². The van der Waals surface area contributed by atoms with Crippen LogP contribution >= 0.6 is 0 Å². The van der Waals surface area contributed by atoms with Crippen molar-refractivity contribution in [3.8, 4) is 0 Å². The highest BCUT2D eigenvalue weighted by atomic mass is 16.5. The van der Waals surface area contributed by atoms with E-state index in [1.165, 1.54) is 19.0 Å². The summed E-state index contributed by atoms with van der Waals surface area (Å²) in [5.41, 5.74) is 3.64. The predicted molar refractivity (Wildman–Crippen MR) is 91.6 cm³/mol. The van der Waals surface area contributed by atoms with E-state index in [0.29, 0.717) is 23.9 Å². The second kappa shape index (κ2) is 6.47. The molecule has 2 heterocycles. The first-order valence-electron chi connectivity index (χ1n) is 8.14. The van der Waals surface area contributed by atoms with Gasteiger partial charge in [0, 0.05) is 5.70 Å². The van der Waals surface area contributed by atoms with Gasteiger partial charge < -0.3 is 10.1 Å². The number of hydrogen-bond acceptors (Lipinski definition) is 5. The average molecular weight is 326 g/mol. The molecule has 6 nitrogen and oxygen atoms in total. The molecular weight excluding hydrogens is 304 g/mol. The van der Waals surface area contributed by atoms with Gasteiger partial charge in [-0.1, -0.05) is 45.0 Å². The smallest absolute Gasteiger partial charge is 0.338 e. The van der Waals surface area contributed by atoms with Gasteiger partial charge in [-0.3, -0.25) is 0 Å². The minimum atomic E-state index is -0.349. The summed E-state index contributed by atoms with van der Waals surface area (Å²) in [4.78, 5) is 16.7. The number of esters is 1. The minimum Gasteiger partial charge on any atom is -0.466 e. The van der Waals surface area contributed by atoms with E-state index in [1.807, 2.05) is 19.1 Å². The highest BCUT2D eigenvalue weighted by Gasteiger charge is 2.34. The van der Waals surface area contributed by atoms with Gasteiger partial charge in [-0.15, -0.1) is 0 Å². The van der Waals surface area contributed by atoms with Crippen LogP contribution in [0.3, 0.4) is 0 Å². The van der Waals surface area contributed by atoms with Crippen molar-refractivity contribution in [3.05, 3.63) is 53.0 Å². The van der Waals surface area contributed by atoms with E-state index in [4.69, 9.17) is 4.74 Å². The van der Waals surface area contributed by atoms with Gasteiger partial charge >= 0.3 is 5.97 Å². The van der Waals surface area contributed by atoms with Gasteiger partial charge in [-0.05, 0) is 23.5 Å². The van der Waals surface area contributed by atoms with Gasteiger partial charge in [-0.2, -0.15) is 10.1 Å². The number of fused-ring (bicyclic) bond motifs is 1. The lowest BCUT2D eigenvalue weighted by atomic mass is 9.92. The fourth-order valence-corrected chi connectivity index (χ4v) is 3.01. The van der Waals surface area contributed by atoms with E-state index in [-0.39, 0.29) is 12.0 Å². The highest BCUT2D eigenvalue weighted by Crippen LogP contribution is 2.36. The number of allylic oxidation sites excluding steroid dienone is 1. The average Bonchev–Trinajstić information content (AvgIpc) is 3.07. The normalized spacial score (nSPS) is 16.8. The summed E-state index contributed by atoms with van der Waals surface area (Å²) in [6.07, 6.45) is 2.17. The number of nitrogens with one attached hydrogen (secondary N) is 1. The summed E-state index contributed by atoms with van der Waals surface area (Å²) < 4.78 is 6.76. The van der Waals surface area contributed by atoms with Crippen LogP contribution < -0.4 is 5.32 Å². The molecule has 126 valence electrons.